The van der Waals surface area contributed by atoms with Gasteiger partial charge in [-0.05, 0) is 29.5 Å². The van der Waals surface area contributed by atoms with Crippen molar-refractivity contribution in [3.63, 3.8) is 0 Å². The normalized spacial score (nSPS) is 13.5. The largest absolute Gasteiger partial charge is 0.481 e. The summed E-state index contributed by atoms with van der Waals surface area (Å²) >= 11 is 3.17. The van der Waals surface area contributed by atoms with Crippen LogP contribution in [0.25, 0.3) is 0 Å². The Morgan fingerprint density at radius 3 is 2.47 bits per heavy atom. The van der Waals surface area contributed by atoms with Crippen LogP contribution in [0.5, 0.6) is 0 Å². The van der Waals surface area contributed by atoms with Gasteiger partial charge in [-0.15, -0.1) is 0 Å². The number of hydrogen-bond donors (Lipinski definition) is 1. The standard InChI is InChI=1S/C13H16BrFO2/c1-13(2,3)10(12(16)17)6-8-4-5-9(14)7-11(8)15/h4-5,7,10H,6H2,1-3H3,(H,16,17). The Morgan fingerprint density at radius 1 is 1.47 bits per heavy atom. The lowest BCUT2D eigenvalue weighted by Gasteiger charge is -2.27. The number of halogens is 2. The Bertz CT molecular complexity index is 424. The van der Waals surface area contributed by atoms with Gasteiger partial charge in [-0.1, -0.05) is 42.8 Å². The van der Waals surface area contributed by atoms with Gasteiger partial charge >= 0.3 is 5.97 Å². The molecular formula is C13H16BrFO2. The maximum Gasteiger partial charge on any atom is 0.307 e. The van der Waals surface area contributed by atoms with Crippen molar-refractivity contribution in [3.8, 4) is 0 Å². The highest BCUT2D eigenvalue weighted by atomic mass is 79.9. The minimum Gasteiger partial charge on any atom is -0.481 e. The fourth-order valence-electron chi connectivity index (χ4n) is 1.67. The predicted octanol–water partition coefficient (Wildman–Crippen LogP) is 3.88. The topological polar surface area (TPSA) is 37.3 Å². The van der Waals surface area contributed by atoms with Crippen LogP contribution in [0.3, 0.4) is 0 Å². The highest BCUT2D eigenvalue weighted by molar-refractivity contribution is 9.10. The Morgan fingerprint density at radius 2 is 2.06 bits per heavy atom. The Balaban J connectivity index is 2.98. The summed E-state index contributed by atoms with van der Waals surface area (Å²) in [5.41, 5.74) is 0.0428. The molecule has 1 N–H and O–H groups in total. The van der Waals surface area contributed by atoms with E-state index in [9.17, 15) is 14.3 Å². The van der Waals surface area contributed by atoms with Gasteiger partial charge < -0.3 is 5.11 Å². The fourth-order valence-corrected chi connectivity index (χ4v) is 2.00. The summed E-state index contributed by atoms with van der Waals surface area (Å²) in [6.45, 7) is 5.55. The molecule has 0 spiro atoms. The molecule has 0 saturated carbocycles. The number of hydrogen-bond acceptors (Lipinski definition) is 1. The molecule has 1 aromatic rings. The van der Waals surface area contributed by atoms with E-state index < -0.39 is 17.3 Å². The molecule has 0 saturated heterocycles. The molecule has 0 bridgehead atoms. The lowest BCUT2D eigenvalue weighted by atomic mass is 9.77. The van der Waals surface area contributed by atoms with Crippen LogP contribution in [0.15, 0.2) is 22.7 Å². The van der Waals surface area contributed by atoms with Gasteiger partial charge in [-0.25, -0.2) is 4.39 Å². The number of carboxylic acids is 1. The van der Waals surface area contributed by atoms with Crippen molar-refractivity contribution in [3.05, 3.63) is 34.1 Å². The molecule has 0 heterocycles. The van der Waals surface area contributed by atoms with E-state index in [1.54, 1.807) is 12.1 Å². The summed E-state index contributed by atoms with van der Waals surface area (Å²) < 4.78 is 14.3. The van der Waals surface area contributed by atoms with E-state index >= 15 is 0 Å². The molecule has 1 atom stereocenters. The first-order valence-corrected chi connectivity index (χ1v) is 6.18. The third-order valence-electron chi connectivity index (χ3n) is 2.78. The molecule has 0 aliphatic carbocycles. The summed E-state index contributed by atoms with van der Waals surface area (Å²) in [7, 11) is 0. The zero-order valence-corrected chi connectivity index (χ0v) is 11.7. The molecule has 0 radical (unpaired) electrons. The van der Waals surface area contributed by atoms with Gasteiger partial charge in [0.2, 0.25) is 0 Å². The van der Waals surface area contributed by atoms with Gasteiger partial charge in [0, 0.05) is 4.47 Å². The Labute approximate surface area is 109 Å². The third kappa shape index (κ3) is 3.80. The van der Waals surface area contributed by atoms with Gasteiger partial charge in [0.1, 0.15) is 5.82 Å². The highest BCUT2D eigenvalue weighted by Gasteiger charge is 2.31. The molecule has 1 unspecified atom stereocenters. The molecule has 0 aliphatic heterocycles. The Hall–Kier alpha value is -0.900. The van der Waals surface area contributed by atoms with E-state index in [4.69, 9.17) is 0 Å². The van der Waals surface area contributed by atoms with E-state index in [0.717, 1.165) is 0 Å². The quantitative estimate of drug-likeness (QED) is 0.920. The van der Waals surface area contributed by atoms with Crippen LogP contribution < -0.4 is 0 Å². The van der Waals surface area contributed by atoms with Crippen molar-refractivity contribution in [1.29, 1.82) is 0 Å². The van der Waals surface area contributed by atoms with Crippen LogP contribution in [0, 0.1) is 17.2 Å². The van der Waals surface area contributed by atoms with Crippen molar-refractivity contribution in [2.75, 3.05) is 0 Å². The van der Waals surface area contributed by atoms with Crippen LogP contribution >= 0.6 is 15.9 Å². The SMILES string of the molecule is CC(C)(C)C(Cc1ccc(Br)cc1F)C(=O)O. The smallest absolute Gasteiger partial charge is 0.307 e. The van der Waals surface area contributed by atoms with E-state index in [-0.39, 0.29) is 12.2 Å². The maximum absolute atomic E-state index is 13.6. The first kappa shape index (κ1) is 14.2. The van der Waals surface area contributed by atoms with E-state index in [1.165, 1.54) is 6.07 Å². The molecule has 0 aromatic heterocycles. The number of rotatable bonds is 3. The first-order valence-electron chi connectivity index (χ1n) is 5.38. The summed E-state index contributed by atoms with van der Waals surface area (Å²) in [5.74, 6) is -1.85. The molecule has 0 aliphatic rings. The van der Waals surface area contributed by atoms with Crippen LogP contribution in [0.1, 0.15) is 26.3 Å². The predicted molar refractivity (Wildman–Crippen MR) is 68.4 cm³/mol. The van der Waals surface area contributed by atoms with Crippen molar-refractivity contribution in [2.24, 2.45) is 11.3 Å². The molecule has 1 rings (SSSR count). The summed E-state index contributed by atoms with van der Waals surface area (Å²) in [6.07, 6.45) is 0.206. The van der Waals surface area contributed by atoms with Crippen LogP contribution in [0.4, 0.5) is 4.39 Å². The molecule has 94 valence electrons. The zero-order valence-electron chi connectivity index (χ0n) is 10.1. The average Bonchev–Trinajstić information content (AvgIpc) is 2.13. The second-order valence-corrected chi connectivity index (χ2v) is 6.11. The van der Waals surface area contributed by atoms with E-state index in [0.29, 0.717) is 10.0 Å². The molecule has 0 fully saturated rings. The van der Waals surface area contributed by atoms with Crippen molar-refractivity contribution in [2.45, 2.75) is 27.2 Å². The zero-order chi connectivity index (χ0) is 13.2. The highest BCUT2D eigenvalue weighted by Crippen LogP contribution is 2.30. The van der Waals surface area contributed by atoms with Crippen LogP contribution in [-0.4, -0.2) is 11.1 Å². The summed E-state index contributed by atoms with van der Waals surface area (Å²) in [5, 5.41) is 9.18. The van der Waals surface area contributed by atoms with Crippen molar-refractivity contribution >= 4 is 21.9 Å². The first-order chi connectivity index (χ1) is 7.71. The minimum atomic E-state index is -0.889. The van der Waals surface area contributed by atoms with Gasteiger partial charge in [0.25, 0.3) is 0 Å². The minimum absolute atomic E-state index is 0.206. The molecule has 0 amide bonds. The van der Waals surface area contributed by atoms with Crippen LogP contribution in [-0.2, 0) is 11.2 Å². The average molecular weight is 303 g/mol. The summed E-state index contributed by atoms with van der Waals surface area (Å²) in [6, 6.07) is 4.71. The third-order valence-corrected chi connectivity index (χ3v) is 3.28. The van der Waals surface area contributed by atoms with Crippen LogP contribution in [0.2, 0.25) is 0 Å². The van der Waals surface area contributed by atoms with Gasteiger partial charge in [0.15, 0.2) is 0 Å². The second-order valence-electron chi connectivity index (χ2n) is 5.20. The number of benzene rings is 1. The fraction of sp³-hybridized carbons (Fsp3) is 0.462. The summed E-state index contributed by atoms with van der Waals surface area (Å²) in [4.78, 5) is 11.2. The maximum atomic E-state index is 13.6. The van der Waals surface area contributed by atoms with Crippen molar-refractivity contribution < 1.29 is 14.3 Å². The van der Waals surface area contributed by atoms with Gasteiger partial charge in [-0.3, -0.25) is 4.79 Å². The van der Waals surface area contributed by atoms with E-state index in [2.05, 4.69) is 15.9 Å². The Kier molecular flexibility index (Phi) is 4.31. The van der Waals surface area contributed by atoms with Gasteiger partial charge in [0.05, 0.1) is 5.92 Å². The lowest BCUT2D eigenvalue weighted by Crippen LogP contribution is -2.30. The number of carbonyl (C=O) groups is 1. The molecule has 1 aromatic carbocycles. The number of aliphatic carboxylic acids is 1. The molecule has 17 heavy (non-hydrogen) atoms. The van der Waals surface area contributed by atoms with Crippen molar-refractivity contribution in [1.82, 2.24) is 0 Å². The lowest BCUT2D eigenvalue weighted by molar-refractivity contribution is -0.145. The monoisotopic (exact) mass is 302 g/mol. The number of carboxylic acid groups (broad SMARTS) is 1. The second kappa shape index (κ2) is 5.17. The van der Waals surface area contributed by atoms with Gasteiger partial charge in [-0.2, -0.15) is 0 Å². The molecular weight excluding hydrogens is 287 g/mol. The molecule has 4 heteroatoms. The van der Waals surface area contributed by atoms with E-state index in [1.807, 2.05) is 20.8 Å². The molecule has 2 nitrogen and oxygen atoms in total.